The maximum Gasteiger partial charge on any atom is 0.229 e. The first-order valence-electron chi connectivity index (χ1n) is 5.98. The summed E-state index contributed by atoms with van der Waals surface area (Å²) in [5.41, 5.74) is 7.18. The van der Waals surface area contributed by atoms with E-state index >= 15 is 0 Å². The first kappa shape index (κ1) is 12.2. The number of fused-ring (bicyclic) bond motifs is 1. The Morgan fingerprint density at radius 2 is 2.00 bits per heavy atom. The summed E-state index contributed by atoms with van der Waals surface area (Å²) in [4.78, 5) is 8.11. The first-order valence-corrected chi connectivity index (χ1v) is 5.98. The summed E-state index contributed by atoms with van der Waals surface area (Å²) in [6.07, 6.45) is 1.61. The molecule has 3 N–H and O–H groups in total. The fourth-order valence-electron chi connectivity index (χ4n) is 1.81. The summed E-state index contributed by atoms with van der Waals surface area (Å²) in [6.45, 7) is 0.376. The van der Waals surface area contributed by atoms with Gasteiger partial charge in [0.1, 0.15) is 17.7 Å². The van der Waals surface area contributed by atoms with Crippen molar-refractivity contribution >= 4 is 17.0 Å². The maximum atomic E-state index is 5.69. The van der Waals surface area contributed by atoms with Crippen molar-refractivity contribution in [2.45, 2.75) is 6.61 Å². The quantitative estimate of drug-likeness (QED) is 0.746. The Hall–Kier alpha value is -2.83. The first-order chi connectivity index (χ1) is 9.76. The highest BCUT2D eigenvalue weighted by molar-refractivity contribution is 5.80. The lowest BCUT2D eigenvalue weighted by molar-refractivity contribution is 0.298. The average molecular weight is 271 g/mol. The van der Waals surface area contributed by atoms with Crippen LogP contribution in [-0.4, -0.2) is 27.3 Å². The summed E-state index contributed by atoms with van der Waals surface area (Å²) < 4.78 is 10.8. The highest BCUT2D eigenvalue weighted by Crippen LogP contribution is 2.22. The van der Waals surface area contributed by atoms with Gasteiger partial charge in [-0.1, -0.05) is 12.1 Å². The second kappa shape index (κ2) is 5.04. The third kappa shape index (κ3) is 2.33. The van der Waals surface area contributed by atoms with Crippen molar-refractivity contribution in [2.24, 2.45) is 0 Å². The second-order valence-electron chi connectivity index (χ2n) is 4.16. The molecule has 2 aromatic heterocycles. The van der Waals surface area contributed by atoms with Crippen LogP contribution < -0.4 is 15.2 Å². The monoisotopic (exact) mass is 271 g/mol. The summed E-state index contributed by atoms with van der Waals surface area (Å²) >= 11 is 0. The molecule has 20 heavy (non-hydrogen) atoms. The molecular weight excluding hydrogens is 258 g/mol. The van der Waals surface area contributed by atoms with E-state index in [1.807, 2.05) is 24.3 Å². The van der Waals surface area contributed by atoms with Gasteiger partial charge in [0.05, 0.1) is 13.3 Å². The number of H-pyrrole nitrogens is 1. The average Bonchev–Trinajstić information content (AvgIpc) is 2.93. The molecule has 0 fully saturated rings. The third-order valence-electron chi connectivity index (χ3n) is 2.83. The van der Waals surface area contributed by atoms with Crippen LogP contribution in [0.15, 0.2) is 30.5 Å². The molecule has 0 saturated heterocycles. The lowest BCUT2D eigenvalue weighted by atomic mass is 10.2. The van der Waals surface area contributed by atoms with Gasteiger partial charge in [-0.3, -0.25) is 5.10 Å². The number of hydrogen-bond donors (Lipinski definition) is 2. The normalized spacial score (nSPS) is 10.7. The van der Waals surface area contributed by atoms with Gasteiger partial charge in [0.15, 0.2) is 5.65 Å². The Kier molecular flexibility index (Phi) is 3.08. The Morgan fingerprint density at radius 1 is 1.20 bits per heavy atom. The largest absolute Gasteiger partial charge is 0.497 e. The molecule has 0 aliphatic heterocycles. The van der Waals surface area contributed by atoms with Crippen molar-refractivity contribution < 1.29 is 9.47 Å². The van der Waals surface area contributed by atoms with Gasteiger partial charge in [0.25, 0.3) is 0 Å². The van der Waals surface area contributed by atoms with E-state index in [2.05, 4.69) is 20.2 Å². The fraction of sp³-hybridized carbons (Fsp3) is 0.154. The van der Waals surface area contributed by atoms with Gasteiger partial charge in [-0.05, 0) is 17.7 Å². The van der Waals surface area contributed by atoms with E-state index in [0.717, 1.165) is 11.3 Å². The van der Waals surface area contributed by atoms with Crippen LogP contribution in [0.25, 0.3) is 11.0 Å². The molecule has 102 valence electrons. The van der Waals surface area contributed by atoms with Gasteiger partial charge in [0, 0.05) is 0 Å². The van der Waals surface area contributed by atoms with Crippen molar-refractivity contribution in [3.63, 3.8) is 0 Å². The number of benzene rings is 1. The molecule has 7 heteroatoms. The molecule has 7 nitrogen and oxygen atoms in total. The lowest BCUT2D eigenvalue weighted by Crippen LogP contribution is -2.01. The number of methoxy groups -OCH3 is 1. The van der Waals surface area contributed by atoms with Gasteiger partial charge in [-0.15, -0.1) is 0 Å². The molecule has 3 rings (SSSR count). The predicted molar refractivity (Wildman–Crippen MR) is 73.4 cm³/mol. The van der Waals surface area contributed by atoms with Crippen molar-refractivity contribution in [1.29, 1.82) is 0 Å². The van der Waals surface area contributed by atoms with E-state index in [9.17, 15) is 0 Å². The van der Waals surface area contributed by atoms with E-state index in [1.165, 1.54) is 0 Å². The van der Waals surface area contributed by atoms with E-state index in [4.69, 9.17) is 15.2 Å². The van der Waals surface area contributed by atoms with Crippen LogP contribution in [0.1, 0.15) is 5.56 Å². The van der Waals surface area contributed by atoms with Crippen molar-refractivity contribution in [1.82, 2.24) is 20.2 Å². The number of ether oxygens (including phenoxy) is 2. The fourth-order valence-corrected chi connectivity index (χ4v) is 1.81. The third-order valence-corrected chi connectivity index (χ3v) is 2.83. The van der Waals surface area contributed by atoms with Crippen LogP contribution in [0.3, 0.4) is 0 Å². The Morgan fingerprint density at radius 3 is 2.75 bits per heavy atom. The Labute approximate surface area is 114 Å². The minimum atomic E-state index is 0.145. The zero-order valence-electron chi connectivity index (χ0n) is 10.8. The molecule has 3 aromatic rings. The maximum absolute atomic E-state index is 5.69. The molecule has 0 atom stereocenters. The smallest absolute Gasteiger partial charge is 0.229 e. The molecule has 0 aliphatic carbocycles. The van der Waals surface area contributed by atoms with E-state index < -0.39 is 0 Å². The number of aromatic nitrogens is 4. The topological polar surface area (TPSA) is 98.9 Å². The zero-order chi connectivity index (χ0) is 13.9. The molecule has 0 bridgehead atoms. The van der Waals surface area contributed by atoms with Crippen LogP contribution in [0.2, 0.25) is 0 Å². The molecular formula is C13H13N5O2. The molecule has 0 radical (unpaired) electrons. The summed E-state index contributed by atoms with van der Waals surface area (Å²) in [5.74, 6) is 1.36. The minimum Gasteiger partial charge on any atom is -0.497 e. The van der Waals surface area contributed by atoms with E-state index in [-0.39, 0.29) is 5.95 Å². The number of nitrogen functional groups attached to an aromatic ring is 1. The lowest BCUT2D eigenvalue weighted by Gasteiger charge is -2.07. The van der Waals surface area contributed by atoms with Gasteiger partial charge in [-0.25, -0.2) is 0 Å². The number of anilines is 1. The number of aromatic amines is 1. The van der Waals surface area contributed by atoms with Gasteiger partial charge in [-0.2, -0.15) is 15.1 Å². The minimum absolute atomic E-state index is 0.145. The SMILES string of the molecule is COc1ccc(COc2nc(N)nc3[nH]ncc23)cc1. The molecule has 2 heterocycles. The van der Waals surface area contributed by atoms with Crippen LogP contribution in [0.4, 0.5) is 5.95 Å². The number of nitrogens with zero attached hydrogens (tertiary/aromatic N) is 3. The van der Waals surface area contributed by atoms with Gasteiger partial charge >= 0.3 is 0 Å². The van der Waals surface area contributed by atoms with Crippen LogP contribution in [0, 0.1) is 0 Å². The van der Waals surface area contributed by atoms with Crippen LogP contribution in [0.5, 0.6) is 11.6 Å². The highest BCUT2D eigenvalue weighted by atomic mass is 16.5. The van der Waals surface area contributed by atoms with Crippen LogP contribution >= 0.6 is 0 Å². The van der Waals surface area contributed by atoms with Crippen molar-refractivity contribution in [3.05, 3.63) is 36.0 Å². The van der Waals surface area contributed by atoms with Crippen molar-refractivity contribution in [2.75, 3.05) is 12.8 Å². The highest BCUT2D eigenvalue weighted by Gasteiger charge is 2.09. The molecule has 0 spiro atoms. The van der Waals surface area contributed by atoms with E-state index in [1.54, 1.807) is 13.3 Å². The molecule has 1 aromatic carbocycles. The molecule has 0 unspecified atom stereocenters. The summed E-state index contributed by atoms with van der Waals surface area (Å²) in [7, 11) is 1.63. The predicted octanol–water partition coefficient (Wildman–Crippen LogP) is 1.52. The summed E-state index contributed by atoms with van der Waals surface area (Å²) in [5, 5.41) is 7.34. The van der Waals surface area contributed by atoms with Gasteiger partial charge in [0.2, 0.25) is 11.8 Å². The zero-order valence-corrected chi connectivity index (χ0v) is 10.8. The number of rotatable bonds is 4. The molecule has 0 amide bonds. The number of hydrogen-bond acceptors (Lipinski definition) is 6. The number of nitrogens with one attached hydrogen (secondary N) is 1. The molecule has 0 aliphatic rings. The standard InChI is InChI=1S/C13H13N5O2/c1-19-9-4-2-8(3-5-9)7-20-12-10-6-15-18-11(10)16-13(14)17-12/h2-6H,7H2,1H3,(H3,14,15,16,17,18). The Bertz CT molecular complexity index is 723. The van der Waals surface area contributed by atoms with E-state index in [0.29, 0.717) is 23.5 Å². The number of nitrogens with two attached hydrogens (primary N) is 1. The Balaban J connectivity index is 1.80. The second-order valence-corrected chi connectivity index (χ2v) is 4.16. The summed E-state index contributed by atoms with van der Waals surface area (Å²) in [6, 6.07) is 7.60. The molecule has 0 saturated carbocycles. The van der Waals surface area contributed by atoms with Crippen LogP contribution in [-0.2, 0) is 6.61 Å². The van der Waals surface area contributed by atoms with Crippen molar-refractivity contribution in [3.8, 4) is 11.6 Å². The van der Waals surface area contributed by atoms with Gasteiger partial charge < -0.3 is 15.2 Å².